The molecule has 0 bridgehead atoms. The fourth-order valence-electron chi connectivity index (χ4n) is 2.32. The molecule has 0 rings (SSSR count). The third kappa shape index (κ3) is 2.48. The number of rotatable bonds is 6. The van der Waals surface area contributed by atoms with Crippen LogP contribution in [-0.4, -0.2) is 35.7 Å². The Bertz CT molecular complexity index is 152. The van der Waals surface area contributed by atoms with Gasteiger partial charge in [-0.25, -0.2) is 0 Å². The first-order chi connectivity index (χ1) is 6.46. The standard InChI is InChI=1S/C12H27NO/c1-7-10(4)11(14)12(8-2,9-3)13(5)6/h10-11,14H,7-9H2,1-6H3. The van der Waals surface area contributed by atoms with Crippen molar-refractivity contribution in [1.29, 1.82) is 0 Å². The van der Waals surface area contributed by atoms with Crippen molar-refractivity contribution in [2.24, 2.45) is 5.92 Å². The van der Waals surface area contributed by atoms with E-state index in [-0.39, 0.29) is 11.6 Å². The van der Waals surface area contributed by atoms with Crippen LogP contribution in [0.2, 0.25) is 0 Å². The zero-order valence-electron chi connectivity index (χ0n) is 10.7. The third-order valence-electron chi connectivity index (χ3n) is 3.85. The zero-order valence-corrected chi connectivity index (χ0v) is 10.7. The average molecular weight is 201 g/mol. The number of hydrogen-bond acceptors (Lipinski definition) is 2. The predicted octanol–water partition coefficient (Wildman–Crippen LogP) is 2.51. The van der Waals surface area contributed by atoms with E-state index < -0.39 is 0 Å². The molecular weight excluding hydrogens is 174 g/mol. The van der Waals surface area contributed by atoms with E-state index in [0.717, 1.165) is 19.3 Å². The van der Waals surface area contributed by atoms with Gasteiger partial charge >= 0.3 is 0 Å². The van der Waals surface area contributed by atoms with Gasteiger partial charge in [-0.1, -0.05) is 34.1 Å². The van der Waals surface area contributed by atoms with Gasteiger partial charge in [-0.05, 0) is 32.9 Å². The summed E-state index contributed by atoms with van der Waals surface area (Å²) in [6.45, 7) is 8.60. The Balaban J connectivity index is 4.79. The maximum atomic E-state index is 10.4. The van der Waals surface area contributed by atoms with Crippen LogP contribution in [0.1, 0.15) is 47.0 Å². The first-order valence-electron chi connectivity index (χ1n) is 5.81. The second-order valence-electron chi connectivity index (χ2n) is 4.54. The van der Waals surface area contributed by atoms with Gasteiger partial charge in [0, 0.05) is 5.54 Å². The van der Waals surface area contributed by atoms with Crippen molar-refractivity contribution in [1.82, 2.24) is 4.90 Å². The Labute approximate surface area is 89.3 Å². The molecule has 2 heteroatoms. The van der Waals surface area contributed by atoms with E-state index in [9.17, 15) is 5.11 Å². The van der Waals surface area contributed by atoms with E-state index in [2.05, 4.69) is 46.7 Å². The summed E-state index contributed by atoms with van der Waals surface area (Å²) in [4.78, 5) is 2.18. The second-order valence-corrected chi connectivity index (χ2v) is 4.54. The molecule has 0 saturated heterocycles. The van der Waals surface area contributed by atoms with Crippen molar-refractivity contribution >= 4 is 0 Å². The molecule has 0 aromatic heterocycles. The average Bonchev–Trinajstić information content (AvgIpc) is 2.18. The normalized spacial score (nSPS) is 17.1. The van der Waals surface area contributed by atoms with E-state index in [0.29, 0.717) is 5.92 Å². The minimum atomic E-state index is -0.225. The highest BCUT2D eigenvalue weighted by molar-refractivity contribution is 4.94. The molecule has 86 valence electrons. The van der Waals surface area contributed by atoms with Gasteiger partial charge in [0.15, 0.2) is 0 Å². The number of nitrogens with zero attached hydrogens (tertiary/aromatic N) is 1. The van der Waals surface area contributed by atoms with E-state index >= 15 is 0 Å². The van der Waals surface area contributed by atoms with Crippen LogP contribution in [-0.2, 0) is 0 Å². The van der Waals surface area contributed by atoms with Crippen molar-refractivity contribution in [2.75, 3.05) is 14.1 Å². The molecule has 0 amide bonds. The van der Waals surface area contributed by atoms with Gasteiger partial charge in [0.2, 0.25) is 0 Å². The largest absolute Gasteiger partial charge is 0.391 e. The maximum absolute atomic E-state index is 10.4. The van der Waals surface area contributed by atoms with Crippen molar-refractivity contribution < 1.29 is 5.11 Å². The molecule has 0 aromatic rings. The highest BCUT2D eigenvalue weighted by Crippen LogP contribution is 2.30. The fraction of sp³-hybridized carbons (Fsp3) is 1.00. The lowest BCUT2D eigenvalue weighted by atomic mass is 9.78. The van der Waals surface area contributed by atoms with Crippen molar-refractivity contribution in [2.45, 2.75) is 58.6 Å². The first kappa shape index (κ1) is 13.9. The highest BCUT2D eigenvalue weighted by Gasteiger charge is 2.38. The number of likely N-dealkylation sites (N-methyl/N-ethyl adjacent to an activating group) is 1. The summed E-state index contributed by atoms with van der Waals surface area (Å²) < 4.78 is 0. The zero-order chi connectivity index (χ0) is 11.4. The summed E-state index contributed by atoms with van der Waals surface area (Å²) >= 11 is 0. The molecule has 0 radical (unpaired) electrons. The quantitative estimate of drug-likeness (QED) is 0.714. The summed E-state index contributed by atoms with van der Waals surface area (Å²) in [5.74, 6) is 0.373. The summed E-state index contributed by atoms with van der Waals surface area (Å²) in [7, 11) is 4.14. The monoisotopic (exact) mass is 201 g/mol. The van der Waals surface area contributed by atoms with Crippen LogP contribution in [0.5, 0.6) is 0 Å². The smallest absolute Gasteiger partial charge is 0.0748 e. The van der Waals surface area contributed by atoms with Gasteiger partial charge in [0.1, 0.15) is 0 Å². The molecule has 1 N–H and O–H groups in total. The molecule has 2 unspecified atom stereocenters. The lowest BCUT2D eigenvalue weighted by Crippen LogP contribution is -2.55. The maximum Gasteiger partial charge on any atom is 0.0748 e. The molecule has 0 spiro atoms. The molecule has 2 atom stereocenters. The fourth-order valence-corrected chi connectivity index (χ4v) is 2.32. The molecule has 0 aliphatic rings. The SMILES string of the molecule is CCC(C)C(O)C(CC)(CC)N(C)C. The van der Waals surface area contributed by atoms with E-state index in [4.69, 9.17) is 0 Å². The van der Waals surface area contributed by atoms with Crippen LogP contribution in [0.15, 0.2) is 0 Å². The molecule has 0 aliphatic heterocycles. The predicted molar refractivity (Wildman–Crippen MR) is 62.5 cm³/mol. The molecule has 2 nitrogen and oxygen atoms in total. The Hall–Kier alpha value is -0.0800. The highest BCUT2D eigenvalue weighted by atomic mass is 16.3. The van der Waals surface area contributed by atoms with Crippen molar-refractivity contribution in [3.8, 4) is 0 Å². The number of hydrogen-bond donors (Lipinski definition) is 1. The van der Waals surface area contributed by atoms with Crippen LogP contribution < -0.4 is 0 Å². The number of aliphatic hydroxyl groups excluding tert-OH is 1. The lowest BCUT2D eigenvalue weighted by Gasteiger charge is -2.44. The molecule has 0 saturated carbocycles. The summed E-state index contributed by atoms with van der Waals surface area (Å²) in [5.41, 5.74) is -0.0462. The summed E-state index contributed by atoms with van der Waals surface area (Å²) in [5, 5.41) is 10.4. The molecule has 0 aromatic carbocycles. The van der Waals surface area contributed by atoms with Gasteiger partial charge in [0.25, 0.3) is 0 Å². The van der Waals surface area contributed by atoms with Crippen molar-refractivity contribution in [3.05, 3.63) is 0 Å². The minimum absolute atomic E-state index is 0.0462. The van der Waals surface area contributed by atoms with Crippen LogP contribution in [0, 0.1) is 5.92 Å². The van der Waals surface area contributed by atoms with Crippen LogP contribution in [0.25, 0.3) is 0 Å². The molecular formula is C12H27NO. The second kappa shape index (κ2) is 5.72. The van der Waals surface area contributed by atoms with E-state index in [1.165, 1.54) is 0 Å². The summed E-state index contributed by atoms with van der Waals surface area (Å²) in [6.07, 6.45) is 2.82. The van der Waals surface area contributed by atoms with Gasteiger partial charge in [0.05, 0.1) is 6.10 Å². The topological polar surface area (TPSA) is 23.5 Å². The Morgan fingerprint density at radius 1 is 1.14 bits per heavy atom. The minimum Gasteiger partial charge on any atom is -0.391 e. The van der Waals surface area contributed by atoms with Crippen LogP contribution in [0.4, 0.5) is 0 Å². The number of aliphatic hydroxyl groups is 1. The molecule has 0 heterocycles. The Morgan fingerprint density at radius 3 is 1.79 bits per heavy atom. The van der Waals surface area contributed by atoms with Crippen molar-refractivity contribution in [3.63, 3.8) is 0 Å². The molecule has 14 heavy (non-hydrogen) atoms. The first-order valence-corrected chi connectivity index (χ1v) is 5.81. The van der Waals surface area contributed by atoms with E-state index in [1.54, 1.807) is 0 Å². The Morgan fingerprint density at radius 2 is 1.57 bits per heavy atom. The molecule has 0 fully saturated rings. The van der Waals surface area contributed by atoms with Gasteiger partial charge in [-0.2, -0.15) is 0 Å². The third-order valence-corrected chi connectivity index (χ3v) is 3.85. The van der Waals surface area contributed by atoms with E-state index in [1.807, 2.05) is 0 Å². The Kier molecular flexibility index (Phi) is 5.68. The molecule has 0 aliphatic carbocycles. The van der Waals surface area contributed by atoms with Crippen LogP contribution in [0.3, 0.4) is 0 Å². The van der Waals surface area contributed by atoms with Gasteiger partial charge in [-0.15, -0.1) is 0 Å². The lowest BCUT2D eigenvalue weighted by molar-refractivity contribution is -0.0436. The summed E-state index contributed by atoms with van der Waals surface area (Å²) in [6, 6.07) is 0. The van der Waals surface area contributed by atoms with Gasteiger partial charge in [-0.3, -0.25) is 0 Å². The van der Waals surface area contributed by atoms with Crippen LogP contribution >= 0.6 is 0 Å². The van der Waals surface area contributed by atoms with Gasteiger partial charge < -0.3 is 10.0 Å².